The molecule has 2 atom stereocenters. The summed E-state index contributed by atoms with van der Waals surface area (Å²) in [6, 6.07) is 0.445. The topological polar surface area (TPSA) is 46.3 Å². The average Bonchev–Trinajstić information content (AvgIpc) is 2.16. The lowest BCUT2D eigenvalue weighted by Crippen LogP contribution is -2.51. The Labute approximate surface area is 80.3 Å². The smallest absolute Gasteiger partial charge is 0.219 e. The van der Waals surface area contributed by atoms with Gasteiger partial charge in [-0.25, -0.2) is 0 Å². The number of piperidine rings is 1. The van der Waals surface area contributed by atoms with Gasteiger partial charge in [0.2, 0.25) is 5.91 Å². The van der Waals surface area contributed by atoms with E-state index in [0.717, 1.165) is 25.8 Å². The van der Waals surface area contributed by atoms with Crippen LogP contribution in [0.15, 0.2) is 0 Å². The predicted molar refractivity (Wildman–Crippen MR) is 53.3 cm³/mol. The van der Waals surface area contributed by atoms with Crippen LogP contribution in [0.25, 0.3) is 0 Å². The van der Waals surface area contributed by atoms with Gasteiger partial charge in [-0.3, -0.25) is 4.79 Å². The molecule has 76 valence electrons. The van der Waals surface area contributed by atoms with Crippen molar-refractivity contribution in [3.8, 4) is 0 Å². The highest BCUT2D eigenvalue weighted by molar-refractivity contribution is 5.73. The summed E-state index contributed by atoms with van der Waals surface area (Å²) in [5, 5.41) is 0. The summed E-state index contributed by atoms with van der Waals surface area (Å²) < 4.78 is 0. The summed E-state index contributed by atoms with van der Waals surface area (Å²) in [7, 11) is 0. The van der Waals surface area contributed by atoms with Crippen LogP contribution in [0.3, 0.4) is 0 Å². The molecule has 3 nitrogen and oxygen atoms in total. The second kappa shape index (κ2) is 4.61. The zero-order valence-electron chi connectivity index (χ0n) is 8.62. The van der Waals surface area contributed by atoms with Gasteiger partial charge in [-0.2, -0.15) is 0 Å². The van der Waals surface area contributed by atoms with Crippen LogP contribution in [0.1, 0.15) is 39.5 Å². The Kier molecular flexibility index (Phi) is 3.72. The standard InChI is InChI=1S/C10H20N2O/c1-3-9(11)10-6-4-5-7-12(10)8(2)13/h9-10H,3-7,11H2,1-2H3. The van der Waals surface area contributed by atoms with Gasteiger partial charge in [0, 0.05) is 25.6 Å². The van der Waals surface area contributed by atoms with Gasteiger partial charge in [0.15, 0.2) is 0 Å². The van der Waals surface area contributed by atoms with Gasteiger partial charge in [-0.05, 0) is 25.7 Å². The van der Waals surface area contributed by atoms with Crippen LogP contribution in [0.2, 0.25) is 0 Å². The SMILES string of the molecule is CCC(N)C1CCCCN1C(C)=O. The number of hydrogen-bond acceptors (Lipinski definition) is 2. The van der Waals surface area contributed by atoms with E-state index in [2.05, 4.69) is 6.92 Å². The molecule has 3 heteroatoms. The Morgan fingerprint density at radius 1 is 1.62 bits per heavy atom. The number of carbonyl (C=O) groups excluding carboxylic acids is 1. The maximum atomic E-state index is 11.3. The number of rotatable bonds is 2. The summed E-state index contributed by atoms with van der Waals surface area (Å²) >= 11 is 0. The van der Waals surface area contributed by atoms with Gasteiger partial charge in [-0.15, -0.1) is 0 Å². The fourth-order valence-electron chi connectivity index (χ4n) is 2.07. The first-order valence-corrected chi connectivity index (χ1v) is 5.19. The van der Waals surface area contributed by atoms with E-state index in [1.807, 2.05) is 4.90 Å². The van der Waals surface area contributed by atoms with E-state index in [1.54, 1.807) is 6.92 Å². The Hall–Kier alpha value is -0.570. The molecule has 1 fully saturated rings. The lowest BCUT2D eigenvalue weighted by molar-refractivity contribution is -0.133. The van der Waals surface area contributed by atoms with Crippen LogP contribution < -0.4 is 5.73 Å². The van der Waals surface area contributed by atoms with Crippen LogP contribution >= 0.6 is 0 Å². The fraction of sp³-hybridized carbons (Fsp3) is 0.900. The molecule has 0 bridgehead atoms. The Balaban J connectivity index is 2.61. The zero-order valence-corrected chi connectivity index (χ0v) is 8.62. The molecule has 0 aromatic rings. The van der Waals surface area contributed by atoms with E-state index >= 15 is 0 Å². The number of carbonyl (C=O) groups is 1. The molecule has 0 spiro atoms. The zero-order chi connectivity index (χ0) is 9.84. The van der Waals surface area contributed by atoms with Gasteiger partial charge in [0.05, 0.1) is 0 Å². The van der Waals surface area contributed by atoms with Crippen molar-refractivity contribution < 1.29 is 4.79 Å². The number of nitrogens with zero attached hydrogens (tertiary/aromatic N) is 1. The quantitative estimate of drug-likeness (QED) is 0.699. The molecule has 1 saturated heterocycles. The molecule has 1 rings (SSSR count). The van der Waals surface area contributed by atoms with E-state index in [1.165, 1.54) is 6.42 Å². The van der Waals surface area contributed by atoms with E-state index in [9.17, 15) is 4.79 Å². The first-order valence-electron chi connectivity index (χ1n) is 5.19. The molecule has 0 radical (unpaired) electrons. The lowest BCUT2D eigenvalue weighted by Gasteiger charge is -2.38. The van der Waals surface area contributed by atoms with E-state index in [0.29, 0.717) is 0 Å². The predicted octanol–water partition coefficient (Wildman–Crippen LogP) is 1.12. The van der Waals surface area contributed by atoms with Crippen LogP contribution in [0.5, 0.6) is 0 Å². The van der Waals surface area contributed by atoms with Crippen molar-refractivity contribution in [2.24, 2.45) is 5.73 Å². The van der Waals surface area contributed by atoms with Crippen molar-refractivity contribution >= 4 is 5.91 Å². The van der Waals surface area contributed by atoms with Crippen molar-refractivity contribution in [2.45, 2.75) is 51.6 Å². The van der Waals surface area contributed by atoms with Crippen LogP contribution in [0, 0.1) is 0 Å². The number of likely N-dealkylation sites (tertiary alicyclic amines) is 1. The summed E-state index contributed by atoms with van der Waals surface area (Å²) in [5.41, 5.74) is 5.98. The molecule has 0 aromatic heterocycles. The van der Waals surface area contributed by atoms with Crippen LogP contribution in [-0.2, 0) is 4.79 Å². The van der Waals surface area contributed by atoms with Gasteiger partial charge >= 0.3 is 0 Å². The first-order chi connectivity index (χ1) is 6.16. The van der Waals surface area contributed by atoms with Gasteiger partial charge in [0.25, 0.3) is 0 Å². The molecule has 1 amide bonds. The van der Waals surface area contributed by atoms with Crippen molar-refractivity contribution in [1.82, 2.24) is 4.90 Å². The van der Waals surface area contributed by atoms with Crippen molar-refractivity contribution in [1.29, 1.82) is 0 Å². The number of nitrogens with two attached hydrogens (primary N) is 1. The van der Waals surface area contributed by atoms with Crippen molar-refractivity contribution in [2.75, 3.05) is 6.54 Å². The largest absolute Gasteiger partial charge is 0.338 e. The molecule has 0 aliphatic carbocycles. The molecule has 1 aliphatic heterocycles. The second-order valence-corrected chi connectivity index (χ2v) is 3.85. The Morgan fingerprint density at radius 3 is 2.85 bits per heavy atom. The molecule has 13 heavy (non-hydrogen) atoms. The summed E-state index contributed by atoms with van der Waals surface area (Å²) in [4.78, 5) is 13.2. The fourth-order valence-corrected chi connectivity index (χ4v) is 2.07. The highest BCUT2D eigenvalue weighted by atomic mass is 16.2. The highest BCUT2D eigenvalue weighted by Crippen LogP contribution is 2.20. The van der Waals surface area contributed by atoms with Gasteiger partial charge in [0.1, 0.15) is 0 Å². The third kappa shape index (κ3) is 2.44. The average molecular weight is 184 g/mol. The van der Waals surface area contributed by atoms with Gasteiger partial charge < -0.3 is 10.6 Å². The minimum Gasteiger partial charge on any atom is -0.338 e. The van der Waals surface area contributed by atoms with E-state index in [4.69, 9.17) is 5.73 Å². The molecule has 1 heterocycles. The van der Waals surface area contributed by atoms with Crippen molar-refractivity contribution in [3.63, 3.8) is 0 Å². The first kappa shape index (κ1) is 10.5. The number of hydrogen-bond donors (Lipinski definition) is 1. The molecule has 1 aliphatic rings. The molecule has 0 aromatic carbocycles. The van der Waals surface area contributed by atoms with Crippen LogP contribution in [0.4, 0.5) is 0 Å². The van der Waals surface area contributed by atoms with E-state index in [-0.39, 0.29) is 18.0 Å². The molecule has 2 unspecified atom stereocenters. The summed E-state index contributed by atoms with van der Waals surface area (Å²) in [5.74, 6) is 0.175. The third-order valence-electron chi connectivity index (χ3n) is 2.92. The summed E-state index contributed by atoms with van der Waals surface area (Å²) in [6.45, 7) is 4.62. The minimum atomic E-state index is 0.157. The maximum Gasteiger partial charge on any atom is 0.219 e. The lowest BCUT2D eigenvalue weighted by atomic mass is 9.94. The van der Waals surface area contributed by atoms with Crippen molar-refractivity contribution in [3.05, 3.63) is 0 Å². The van der Waals surface area contributed by atoms with Crippen LogP contribution in [-0.4, -0.2) is 29.4 Å². The summed E-state index contributed by atoms with van der Waals surface area (Å²) in [6.07, 6.45) is 4.37. The molecular weight excluding hydrogens is 164 g/mol. The normalized spacial score (nSPS) is 25.8. The minimum absolute atomic E-state index is 0.157. The molecular formula is C10H20N2O. The third-order valence-corrected chi connectivity index (χ3v) is 2.92. The maximum absolute atomic E-state index is 11.3. The van der Waals surface area contributed by atoms with Gasteiger partial charge in [-0.1, -0.05) is 6.92 Å². The second-order valence-electron chi connectivity index (χ2n) is 3.85. The Morgan fingerprint density at radius 2 is 2.31 bits per heavy atom. The Bertz CT molecular complexity index is 182. The number of amides is 1. The highest BCUT2D eigenvalue weighted by Gasteiger charge is 2.28. The molecule has 0 saturated carbocycles. The van der Waals surface area contributed by atoms with E-state index < -0.39 is 0 Å². The molecule has 2 N–H and O–H groups in total. The monoisotopic (exact) mass is 184 g/mol.